The molecule has 27 aromatic carbocycles. The van der Waals surface area contributed by atoms with E-state index in [1.165, 1.54) is 205 Å². The minimum atomic E-state index is 1.08. The Morgan fingerprint density at radius 2 is 0.323 bits per heavy atom. The average Bonchev–Trinajstić information content (AvgIpc) is 0.752. The second kappa shape index (κ2) is 37.1. The lowest BCUT2D eigenvalue weighted by Gasteiger charge is -2.11. The molecule has 0 aromatic heterocycles. The second-order valence-electron chi connectivity index (χ2n) is 32.4. The van der Waals surface area contributed by atoms with Crippen LogP contribution in [0.1, 0.15) is 11.1 Å². The maximum Gasteiger partial charge on any atom is -0.00268 e. The van der Waals surface area contributed by atoms with E-state index >= 15 is 0 Å². The predicted molar refractivity (Wildman–Crippen MR) is 557 cm³/mol. The molecule has 0 atom stereocenters. The summed E-state index contributed by atoms with van der Waals surface area (Å²) in [5.41, 5.74) is 2.81. The lowest BCUT2D eigenvalue weighted by Crippen LogP contribution is -1.91. The number of benzene rings is 27. The summed E-state index contributed by atoms with van der Waals surface area (Å²) in [5.74, 6) is 0. The molecule has 0 radical (unpaired) electrons. The van der Waals surface area contributed by atoms with Crippen LogP contribution in [0.15, 0.2) is 528 Å². The lowest BCUT2D eigenvalue weighted by atomic mass is 9.93. The third-order valence-electron chi connectivity index (χ3n) is 24.5. The highest BCUT2D eigenvalue weighted by Crippen LogP contribution is 2.37. The highest BCUT2D eigenvalue weighted by molar-refractivity contribution is 6.23. The van der Waals surface area contributed by atoms with E-state index in [1.54, 1.807) is 0 Å². The van der Waals surface area contributed by atoms with Crippen molar-refractivity contribution in [2.75, 3.05) is 0 Å². The molecule has 0 fully saturated rings. The van der Waals surface area contributed by atoms with Crippen LogP contribution in [0.25, 0.3) is 200 Å². The molecule has 28 rings (SSSR count). The van der Waals surface area contributed by atoms with Gasteiger partial charge in [-0.15, -0.1) is 0 Å². The van der Waals surface area contributed by atoms with Gasteiger partial charge >= 0.3 is 0 Å². The Bertz CT molecular complexity index is 7900. The lowest BCUT2D eigenvalue weighted by molar-refractivity contribution is 1.29. The van der Waals surface area contributed by atoms with Gasteiger partial charge in [-0.2, -0.15) is 0 Å². The molecule has 27 aromatic rings. The van der Waals surface area contributed by atoms with E-state index in [9.17, 15) is 0 Å². The van der Waals surface area contributed by atoms with Gasteiger partial charge in [0.25, 0.3) is 0 Å². The zero-order valence-corrected chi connectivity index (χ0v) is 70.5. The summed E-state index contributed by atoms with van der Waals surface area (Å²) < 4.78 is 0. The molecule has 1 aliphatic rings. The van der Waals surface area contributed by atoms with Crippen LogP contribution in [-0.2, 0) is 6.42 Å². The zero-order valence-electron chi connectivity index (χ0n) is 70.5. The summed E-state index contributed by atoms with van der Waals surface area (Å²) in [6, 6.07) is 185. The van der Waals surface area contributed by atoms with Crippen LogP contribution < -0.4 is 0 Å². The first-order chi connectivity index (χ1) is 63.0. The van der Waals surface area contributed by atoms with Gasteiger partial charge in [0.05, 0.1) is 0 Å². The molecule has 0 heterocycles. The first-order valence-corrected chi connectivity index (χ1v) is 43.9. The highest BCUT2D eigenvalue weighted by atomic mass is 14.2. The van der Waals surface area contributed by atoms with Crippen LogP contribution in [0, 0.1) is 0 Å². The van der Waals surface area contributed by atoms with Crippen LogP contribution in [-0.4, -0.2) is 0 Å². The molecule has 598 valence electrons. The van der Waals surface area contributed by atoms with Crippen molar-refractivity contribution in [3.8, 4) is 0 Å². The number of hydrogen-bond donors (Lipinski definition) is 0. The van der Waals surface area contributed by atoms with Crippen LogP contribution in [0.2, 0.25) is 0 Å². The summed E-state index contributed by atoms with van der Waals surface area (Å²) in [5, 5.41) is 47.8. The third kappa shape index (κ3) is 17.5. The summed E-state index contributed by atoms with van der Waals surface area (Å²) in [6.07, 6.45) is 5.53. The molecule has 0 aliphatic heterocycles. The molecule has 0 unspecified atom stereocenters. The van der Waals surface area contributed by atoms with E-state index in [4.69, 9.17) is 0 Å². The standard InChI is InChI=1S/3C18H12.C16H10.2C14H10.C13H10.C10H8.C6H6/c1-3-7-15-13(5-1)9-11-18-16-8-4-2-6-14(16)10-12-17(15)18;1-2-7-15-12-18-16(11-14(15)6-1)10-9-13-5-3-4-8-17(13)18;1-2-6-14-10-18-12-16-8-4-3-7-15(16)11-17(18)9-13(14)5-1;1-3-11-7-9-13-5-2-6-14-10-8-12(4-1)15(11)16(13)14;1-3-7-13-11(5-1)9-10-12-6-2-4-8-14(12)13;1-2-6-12-10-14-8-4-3-7-13(14)9-11(12)5-1;1-4-10-6-2-8-12-9-3-7-11(5-1)13(10)12;1-2-6-10-8-4-3-7-9(10)5-1;1-2-4-6-5-3-1/h3*1-12H;1-10H;2*1-10H;1-8H,9H2;1-8H;1-6H. The van der Waals surface area contributed by atoms with Gasteiger partial charge in [-0.05, 0) is 260 Å². The first-order valence-electron chi connectivity index (χ1n) is 43.9. The molecule has 0 saturated heterocycles. The Hall–Kier alpha value is -16.4. The van der Waals surface area contributed by atoms with Crippen molar-refractivity contribution >= 4 is 200 Å². The van der Waals surface area contributed by atoms with Gasteiger partial charge in [0.2, 0.25) is 0 Å². The fraction of sp³-hybridized carbons (Fsp3) is 0.00787. The molecule has 127 heavy (non-hydrogen) atoms. The van der Waals surface area contributed by atoms with Crippen molar-refractivity contribution in [3.63, 3.8) is 0 Å². The Kier molecular flexibility index (Phi) is 23.1. The third-order valence-corrected chi connectivity index (χ3v) is 24.5. The SMILES string of the molecule is C1=Cc2cccc3cccc(c23)C1.c1cc2ccc3cccc4ccc(c1)c2c34.c1ccc2c(c1)ccc1c3ccccc3ccc21.c1ccc2c(c1)ccc1ccccc12.c1ccc2cc3c(ccc4ccccc43)cc2c1.c1ccc2cc3cc4ccccc4cc3cc2c1.c1ccc2cc3ccccc3cc2c1.c1ccc2ccccc2c1.c1ccccc1. The topological polar surface area (TPSA) is 0 Å². The normalized spacial score (nSPS) is 11.2. The molecule has 0 saturated carbocycles. The quantitative estimate of drug-likeness (QED) is 0.105. The number of allylic oxidation sites excluding steroid dienone is 1. The van der Waals surface area contributed by atoms with E-state index in [0.29, 0.717) is 0 Å². The van der Waals surface area contributed by atoms with E-state index < -0.39 is 0 Å². The maximum atomic E-state index is 2.30. The van der Waals surface area contributed by atoms with Crippen molar-refractivity contribution in [2.24, 2.45) is 0 Å². The van der Waals surface area contributed by atoms with E-state index in [2.05, 4.69) is 497 Å². The Balaban J connectivity index is 0.0000000909. The van der Waals surface area contributed by atoms with Crippen molar-refractivity contribution in [2.45, 2.75) is 6.42 Å². The molecule has 1 aliphatic carbocycles. The van der Waals surface area contributed by atoms with Crippen LogP contribution in [0.3, 0.4) is 0 Å². The van der Waals surface area contributed by atoms with Gasteiger partial charge in [-0.25, -0.2) is 0 Å². The summed E-state index contributed by atoms with van der Waals surface area (Å²) >= 11 is 0. The van der Waals surface area contributed by atoms with Crippen LogP contribution >= 0.6 is 0 Å². The van der Waals surface area contributed by atoms with Gasteiger partial charge in [0.15, 0.2) is 0 Å². The van der Waals surface area contributed by atoms with E-state index in [-0.39, 0.29) is 0 Å². The van der Waals surface area contributed by atoms with E-state index in [0.717, 1.165) is 6.42 Å². The van der Waals surface area contributed by atoms with E-state index in [1.807, 2.05) is 36.4 Å². The monoisotopic (exact) mass is 1610 g/mol. The zero-order chi connectivity index (χ0) is 84.9. The Labute approximate surface area is 740 Å². The smallest absolute Gasteiger partial charge is 0.00268 e. The summed E-state index contributed by atoms with van der Waals surface area (Å²) in [7, 11) is 0. The Morgan fingerprint density at radius 1 is 0.110 bits per heavy atom. The van der Waals surface area contributed by atoms with Gasteiger partial charge in [0.1, 0.15) is 0 Å². The molecule has 0 N–H and O–H groups in total. The minimum Gasteiger partial charge on any atom is -0.0795 e. The molecule has 0 nitrogen and oxygen atoms in total. The summed E-state index contributed by atoms with van der Waals surface area (Å²) in [6.45, 7) is 0. The molecule has 0 spiro atoms. The van der Waals surface area contributed by atoms with Crippen LogP contribution in [0.4, 0.5) is 0 Å². The van der Waals surface area contributed by atoms with Crippen molar-refractivity contribution in [1.29, 1.82) is 0 Å². The largest absolute Gasteiger partial charge is 0.0795 e. The van der Waals surface area contributed by atoms with Gasteiger partial charge in [-0.3, -0.25) is 0 Å². The molecule has 0 heteroatoms. The highest BCUT2D eigenvalue weighted by Gasteiger charge is 2.11. The first kappa shape index (κ1) is 79.1. The summed E-state index contributed by atoms with van der Waals surface area (Å²) in [4.78, 5) is 0. The average molecular weight is 1620 g/mol. The van der Waals surface area contributed by atoms with Gasteiger partial charge < -0.3 is 0 Å². The second-order valence-corrected chi connectivity index (χ2v) is 32.4. The molecule has 0 amide bonds. The molecular formula is C127H90. The fourth-order valence-corrected chi connectivity index (χ4v) is 18.2. The number of fused-ring (bicyclic) bond motifs is 18. The number of hydrogen-bond acceptors (Lipinski definition) is 0. The fourth-order valence-electron chi connectivity index (χ4n) is 18.2. The van der Waals surface area contributed by atoms with Gasteiger partial charge in [-0.1, -0.05) is 485 Å². The maximum absolute atomic E-state index is 2.30. The number of rotatable bonds is 0. The van der Waals surface area contributed by atoms with Crippen molar-refractivity contribution in [1.82, 2.24) is 0 Å². The van der Waals surface area contributed by atoms with Gasteiger partial charge in [0, 0.05) is 0 Å². The predicted octanol–water partition coefficient (Wildman–Crippen LogP) is 35.9. The van der Waals surface area contributed by atoms with Crippen LogP contribution in [0.5, 0.6) is 0 Å². The minimum absolute atomic E-state index is 1.08. The Morgan fingerprint density at radius 3 is 0.654 bits per heavy atom. The van der Waals surface area contributed by atoms with Crippen molar-refractivity contribution in [3.05, 3.63) is 539 Å². The van der Waals surface area contributed by atoms with Crippen molar-refractivity contribution < 1.29 is 0 Å². The molecule has 0 bridgehead atoms. The molecular weight excluding hydrogens is 1530 g/mol.